The van der Waals surface area contributed by atoms with Gasteiger partial charge in [-0.2, -0.15) is 8.75 Å². The van der Waals surface area contributed by atoms with E-state index in [4.69, 9.17) is 0 Å². The van der Waals surface area contributed by atoms with Crippen molar-refractivity contribution in [3.8, 4) is 0 Å². The third-order valence-corrected chi connectivity index (χ3v) is 3.00. The molecule has 5 heteroatoms. The minimum Gasteiger partial charge on any atom is -0.287 e. The van der Waals surface area contributed by atoms with Crippen molar-refractivity contribution >= 4 is 28.3 Å². The molecular weight excluding hydrogens is 234 g/mol. The summed E-state index contributed by atoms with van der Waals surface area (Å²) >= 11 is 1.03. The molecule has 0 aliphatic rings. The lowest BCUT2D eigenvalue weighted by Gasteiger charge is -2.02. The molecule has 0 unspecified atom stereocenters. The first-order valence-electron chi connectivity index (χ1n) is 5.01. The SMILES string of the molecule is O=C(c1cnsn1)c1cccc2cnccc12. The Kier molecular flexibility index (Phi) is 2.38. The molecular formula is C12H7N3OS. The summed E-state index contributed by atoms with van der Waals surface area (Å²) in [4.78, 5) is 16.2. The number of hydrogen-bond acceptors (Lipinski definition) is 5. The Hall–Kier alpha value is -2.14. The zero-order chi connectivity index (χ0) is 11.7. The van der Waals surface area contributed by atoms with Crippen LogP contribution in [0.3, 0.4) is 0 Å². The fourth-order valence-corrected chi connectivity index (χ4v) is 2.14. The zero-order valence-corrected chi connectivity index (χ0v) is 9.52. The predicted molar refractivity (Wildman–Crippen MR) is 65.1 cm³/mol. The highest BCUT2D eigenvalue weighted by atomic mass is 32.1. The third kappa shape index (κ3) is 1.70. The Morgan fingerprint density at radius 1 is 1.18 bits per heavy atom. The monoisotopic (exact) mass is 241 g/mol. The van der Waals surface area contributed by atoms with Crippen molar-refractivity contribution in [3.63, 3.8) is 0 Å². The molecule has 3 rings (SSSR count). The molecule has 0 bridgehead atoms. The van der Waals surface area contributed by atoms with Gasteiger partial charge in [-0.3, -0.25) is 9.78 Å². The standard InChI is InChI=1S/C12H7N3OS/c16-12(11-7-14-17-15-11)10-3-1-2-8-6-13-5-4-9(8)10/h1-7H. The molecule has 0 radical (unpaired) electrons. The minimum atomic E-state index is -0.101. The molecule has 2 heterocycles. The van der Waals surface area contributed by atoms with E-state index in [0.29, 0.717) is 11.3 Å². The van der Waals surface area contributed by atoms with Gasteiger partial charge < -0.3 is 0 Å². The summed E-state index contributed by atoms with van der Waals surface area (Å²) in [5, 5.41) is 1.84. The molecule has 0 spiro atoms. The highest BCUT2D eigenvalue weighted by molar-refractivity contribution is 6.99. The Morgan fingerprint density at radius 3 is 2.94 bits per heavy atom. The van der Waals surface area contributed by atoms with Crippen LogP contribution >= 0.6 is 11.7 Å². The van der Waals surface area contributed by atoms with Crippen molar-refractivity contribution in [2.75, 3.05) is 0 Å². The number of aromatic nitrogens is 3. The molecule has 0 aliphatic carbocycles. The fraction of sp³-hybridized carbons (Fsp3) is 0. The molecule has 4 nitrogen and oxygen atoms in total. The minimum absolute atomic E-state index is 0.101. The van der Waals surface area contributed by atoms with E-state index in [9.17, 15) is 4.79 Å². The van der Waals surface area contributed by atoms with E-state index in [-0.39, 0.29) is 5.78 Å². The van der Waals surface area contributed by atoms with E-state index in [1.54, 1.807) is 18.5 Å². The largest absolute Gasteiger partial charge is 0.287 e. The fourth-order valence-electron chi connectivity index (χ4n) is 1.72. The number of carbonyl (C=O) groups is 1. The van der Waals surface area contributed by atoms with Crippen LogP contribution < -0.4 is 0 Å². The Labute approximate surface area is 101 Å². The zero-order valence-electron chi connectivity index (χ0n) is 8.70. The maximum atomic E-state index is 12.2. The number of rotatable bonds is 2. The summed E-state index contributed by atoms with van der Waals surface area (Å²) in [5.74, 6) is -0.101. The maximum absolute atomic E-state index is 12.2. The van der Waals surface area contributed by atoms with Crippen molar-refractivity contribution in [2.24, 2.45) is 0 Å². The molecule has 0 amide bonds. The van der Waals surface area contributed by atoms with Crippen molar-refractivity contribution in [2.45, 2.75) is 0 Å². The van der Waals surface area contributed by atoms with Crippen LogP contribution in [0.2, 0.25) is 0 Å². The first-order chi connectivity index (χ1) is 8.36. The van der Waals surface area contributed by atoms with Gasteiger partial charge in [-0.1, -0.05) is 18.2 Å². The summed E-state index contributed by atoms with van der Waals surface area (Å²) < 4.78 is 7.81. The van der Waals surface area contributed by atoms with Gasteiger partial charge >= 0.3 is 0 Å². The second-order valence-electron chi connectivity index (χ2n) is 3.52. The van der Waals surface area contributed by atoms with Crippen molar-refractivity contribution in [3.05, 3.63) is 54.1 Å². The van der Waals surface area contributed by atoms with E-state index >= 15 is 0 Å². The van der Waals surface area contributed by atoms with E-state index in [0.717, 1.165) is 22.5 Å². The van der Waals surface area contributed by atoms with Crippen LogP contribution in [0.25, 0.3) is 10.8 Å². The quantitative estimate of drug-likeness (QED) is 0.646. The van der Waals surface area contributed by atoms with Gasteiger partial charge in [-0.25, -0.2) is 0 Å². The molecule has 2 aromatic heterocycles. The highest BCUT2D eigenvalue weighted by Gasteiger charge is 2.14. The lowest BCUT2D eigenvalue weighted by atomic mass is 10.0. The number of nitrogens with zero attached hydrogens (tertiary/aromatic N) is 3. The number of carbonyl (C=O) groups excluding carboxylic acids is 1. The molecule has 3 aromatic rings. The van der Waals surface area contributed by atoms with Gasteiger partial charge in [0.1, 0.15) is 5.69 Å². The van der Waals surface area contributed by atoms with E-state index in [1.807, 2.05) is 18.2 Å². The summed E-state index contributed by atoms with van der Waals surface area (Å²) in [6.07, 6.45) is 4.91. The molecule has 0 aliphatic heterocycles. The van der Waals surface area contributed by atoms with E-state index < -0.39 is 0 Å². The van der Waals surface area contributed by atoms with E-state index in [2.05, 4.69) is 13.7 Å². The Morgan fingerprint density at radius 2 is 2.12 bits per heavy atom. The van der Waals surface area contributed by atoms with Gasteiger partial charge in [0.15, 0.2) is 0 Å². The van der Waals surface area contributed by atoms with Crippen LogP contribution in [0, 0.1) is 0 Å². The summed E-state index contributed by atoms with van der Waals surface area (Å²) in [7, 11) is 0. The number of hydrogen-bond donors (Lipinski definition) is 0. The molecule has 17 heavy (non-hydrogen) atoms. The predicted octanol–water partition coefficient (Wildman–Crippen LogP) is 2.32. The Bertz CT molecular complexity index is 674. The molecule has 0 N–H and O–H groups in total. The molecule has 0 fully saturated rings. The summed E-state index contributed by atoms with van der Waals surface area (Å²) in [6.45, 7) is 0. The van der Waals surface area contributed by atoms with Gasteiger partial charge in [0, 0.05) is 23.3 Å². The van der Waals surface area contributed by atoms with Crippen molar-refractivity contribution < 1.29 is 4.79 Å². The molecule has 0 saturated carbocycles. The average molecular weight is 241 g/mol. The first-order valence-corrected chi connectivity index (χ1v) is 5.74. The Balaban J connectivity index is 2.21. The molecule has 0 saturated heterocycles. The van der Waals surface area contributed by atoms with Gasteiger partial charge in [-0.15, -0.1) is 0 Å². The second-order valence-corrected chi connectivity index (χ2v) is 4.08. The first kappa shape index (κ1) is 10.0. The number of fused-ring (bicyclic) bond motifs is 1. The molecule has 1 aromatic carbocycles. The average Bonchev–Trinajstić information content (AvgIpc) is 2.91. The van der Waals surface area contributed by atoms with Crippen molar-refractivity contribution in [1.82, 2.24) is 13.7 Å². The lowest BCUT2D eigenvalue weighted by Crippen LogP contribution is -2.02. The van der Waals surface area contributed by atoms with Crippen LogP contribution in [-0.2, 0) is 0 Å². The van der Waals surface area contributed by atoms with Crippen LogP contribution in [0.1, 0.15) is 16.1 Å². The van der Waals surface area contributed by atoms with Gasteiger partial charge in [0.25, 0.3) is 0 Å². The van der Waals surface area contributed by atoms with Gasteiger partial charge in [-0.05, 0) is 11.5 Å². The summed E-state index contributed by atoms with van der Waals surface area (Å²) in [5.41, 5.74) is 1.02. The molecule has 82 valence electrons. The normalized spacial score (nSPS) is 10.6. The van der Waals surface area contributed by atoms with Crippen LogP contribution in [0.15, 0.2) is 42.9 Å². The number of benzene rings is 1. The van der Waals surface area contributed by atoms with Gasteiger partial charge in [0.2, 0.25) is 5.78 Å². The smallest absolute Gasteiger partial charge is 0.214 e. The van der Waals surface area contributed by atoms with E-state index in [1.165, 1.54) is 6.20 Å². The van der Waals surface area contributed by atoms with Gasteiger partial charge in [0.05, 0.1) is 17.9 Å². The summed E-state index contributed by atoms with van der Waals surface area (Å²) in [6, 6.07) is 7.40. The van der Waals surface area contributed by atoms with Crippen LogP contribution in [0.4, 0.5) is 0 Å². The number of pyridine rings is 1. The van der Waals surface area contributed by atoms with Crippen LogP contribution in [-0.4, -0.2) is 19.5 Å². The molecule has 0 atom stereocenters. The number of ketones is 1. The maximum Gasteiger partial charge on any atom is 0.214 e. The third-order valence-electron chi connectivity index (χ3n) is 2.52. The topological polar surface area (TPSA) is 55.7 Å². The lowest BCUT2D eigenvalue weighted by molar-refractivity contribution is 0.103. The van der Waals surface area contributed by atoms with Crippen molar-refractivity contribution in [1.29, 1.82) is 0 Å². The van der Waals surface area contributed by atoms with Crippen LogP contribution in [0.5, 0.6) is 0 Å². The highest BCUT2D eigenvalue weighted by Crippen LogP contribution is 2.19. The second kappa shape index (κ2) is 4.03.